The Morgan fingerprint density at radius 2 is 1.75 bits per heavy atom. The quantitative estimate of drug-likeness (QED) is 0.596. The molecular weight excluding hydrogens is 440 g/mol. The molecule has 1 aliphatic rings. The first-order chi connectivity index (χ1) is 14.5. The predicted octanol–water partition coefficient (Wildman–Crippen LogP) is 4.82. The summed E-state index contributed by atoms with van der Waals surface area (Å²) >= 11 is 0. The van der Waals surface area contributed by atoms with Crippen molar-refractivity contribution in [2.45, 2.75) is 103 Å². The fourth-order valence-corrected chi connectivity index (χ4v) is 5.64. The molecule has 3 atom stereocenters. The molecule has 1 saturated heterocycles. The van der Waals surface area contributed by atoms with Gasteiger partial charge in [0, 0.05) is 6.42 Å². The first kappa shape index (κ1) is 25.3. The molecule has 10 heteroatoms. The first-order valence-electron chi connectivity index (χ1n) is 11.4. The number of ether oxygens (including phenoxy) is 1. The van der Waals surface area contributed by atoms with Crippen molar-refractivity contribution in [2.24, 2.45) is 0 Å². The maximum Gasteiger partial charge on any atom is 0.261 e. The molecule has 1 aliphatic heterocycles. The van der Waals surface area contributed by atoms with Crippen LogP contribution in [0.25, 0.3) is 11.0 Å². The minimum atomic E-state index is -2.06. The van der Waals surface area contributed by atoms with Gasteiger partial charge in [0.05, 0.1) is 31.3 Å². The first-order valence-corrected chi connectivity index (χ1v) is 17.2. The van der Waals surface area contributed by atoms with E-state index >= 15 is 0 Å². The third-order valence-corrected chi connectivity index (χ3v) is 16.5. The van der Waals surface area contributed by atoms with Crippen LogP contribution in [0.1, 0.15) is 54.2 Å². The van der Waals surface area contributed by atoms with Crippen LogP contribution >= 0.6 is 0 Å². The van der Waals surface area contributed by atoms with Crippen LogP contribution in [0, 0.1) is 0 Å². The van der Waals surface area contributed by atoms with Crippen molar-refractivity contribution in [1.82, 2.24) is 19.7 Å². The van der Waals surface area contributed by atoms with Crippen LogP contribution in [0.2, 0.25) is 36.3 Å². The lowest BCUT2D eigenvalue weighted by Gasteiger charge is -2.39. The van der Waals surface area contributed by atoms with Crippen LogP contribution in [-0.4, -0.2) is 55.2 Å². The van der Waals surface area contributed by atoms with E-state index in [1.165, 1.54) is 6.33 Å². The molecule has 0 aliphatic carbocycles. The molecule has 0 spiro atoms. The van der Waals surface area contributed by atoms with Gasteiger partial charge in [0.25, 0.3) is 5.56 Å². The number of rotatable bonds is 6. The average Bonchev–Trinajstić information content (AvgIpc) is 3.22. The van der Waals surface area contributed by atoms with E-state index in [2.05, 4.69) is 82.8 Å². The third kappa shape index (κ3) is 4.94. The molecule has 180 valence electrons. The summed E-state index contributed by atoms with van der Waals surface area (Å²) in [6.45, 7) is 22.9. The van der Waals surface area contributed by atoms with Crippen LogP contribution in [-0.2, 0) is 13.6 Å². The Hall–Kier alpha value is -1.34. The largest absolute Gasteiger partial charge is 0.414 e. The zero-order valence-electron chi connectivity index (χ0n) is 21.3. The monoisotopic (exact) mass is 480 g/mol. The molecule has 0 saturated carbocycles. The van der Waals surface area contributed by atoms with Gasteiger partial charge in [-0.3, -0.25) is 4.79 Å². The van der Waals surface area contributed by atoms with Crippen LogP contribution in [0.15, 0.2) is 17.3 Å². The number of nitrogens with zero attached hydrogens (tertiary/aromatic N) is 3. The van der Waals surface area contributed by atoms with Crippen molar-refractivity contribution in [2.75, 3.05) is 6.61 Å². The van der Waals surface area contributed by atoms with E-state index in [4.69, 9.17) is 13.6 Å². The highest BCUT2D eigenvalue weighted by Crippen LogP contribution is 2.43. The Labute approximate surface area is 193 Å². The van der Waals surface area contributed by atoms with Gasteiger partial charge in [-0.15, -0.1) is 0 Å². The van der Waals surface area contributed by atoms with Crippen molar-refractivity contribution in [3.63, 3.8) is 0 Å². The van der Waals surface area contributed by atoms with Gasteiger partial charge in [0.1, 0.15) is 5.39 Å². The van der Waals surface area contributed by atoms with Crippen LogP contribution in [0.4, 0.5) is 0 Å². The molecule has 32 heavy (non-hydrogen) atoms. The topological polar surface area (TPSA) is 91.3 Å². The van der Waals surface area contributed by atoms with Gasteiger partial charge in [-0.1, -0.05) is 41.5 Å². The van der Waals surface area contributed by atoms with Gasteiger partial charge in [-0.05, 0) is 36.3 Å². The minimum absolute atomic E-state index is 0.0643. The predicted molar refractivity (Wildman–Crippen MR) is 132 cm³/mol. The van der Waals surface area contributed by atoms with Crippen molar-refractivity contribution in [3.8, 4) is 0 Å². The lowest BCUT2D eigenvalue weighted by Crippen LogP contribution is -2.45. The summed E-state index contributed by atoms with van der Waals surface area (Å²) in [5, 5.41) is 5.12. The van der Waals surface area contributed by atoms with Gasteiger partial charge in [-0.25, -0.2) is 9.67 Å². The van der Waals surface area contributed by atoms with Gasteiger partial charge in [0.15, 0.2) is 28.5 Å². The number of nitrogens with one attached hydrogen (secondary N) is 1. The highest BCUT2D eigenvalue weighted by Gasteiger charge is 2.47. The van der Waals surface area contributed by atoms with Crippen LogP contribution in [0.5, 0.6) is 0 Å². The molecule has 3 rings (SSSR count). The van der Waals surface area contributed by atoms with Crippen molar-refractivity contribution >= 4 is 27.7 Å². The molecule has 1 fully saturated rings. The SMILES string of the molecule is CC(C)(C)[Si](C)(C)OC[C@@H]1C[C@@H](O[Si](C)(C)C(C)(C)C)[C@H](n2ncc3c(=O)[nH]cnc32)O1. The molecule has 2 aromatic rings. The second kappa shape index (κ2) is 8.46. The van der Waals surface area contributed by atoms with Crippen molar-refractivity contribution in [3.05, 3.63) is 22.9 Å². The Balaban J connectivity index is 1.89. The second-order valence-corrected chi connectivity index (χ2v) is 21.5. The normalized spacial score (nSPS) is 23.2. The lowest BCUT2D eigenvalue weighted by atomic mass is 10.2. The molecule has 0 aromatic carbocycles. The molecule has 0 radical (unpaired) electrons. The van der Waals surface area contributed by atoms with E-state index in [0.29, 0.717) is 17.6 Å². The molecule has 2 aromatic heterocycles. The molecule has 0 unspecified atom stereocenters. The number of aromatic nitrogens is 4. The van der Waals surface area contributed by atoms with E-state index < -0.39 is 22.9 Å². The highest BCUT2D eigenvalue weighted by molar-refractivity contribution is 6.74. The van der Waals surface area contributed by atoms with E-state index in [9.17, 15) is 4.79 Å². The molecule has 3 heterocycles. The van der Waals surface area contributed by atoms with Crippen molar-refractivity contribution in [1.29, 1.82) is 0 Å². The molecule has 0 amide bonds. The van der Waals surface area contributed by atoms with Gasteiger partial charge in [-0.2, -0.15) is 5.10 Å². The lowest BCUT2D eigenvalue weighted by molar-refractivity contribution is -0.0505. The fourth-order valence-electron chi connectivity index (χ4n) is 3.28. The zero-order valence-corrected chi connectivity index (χ0v) is 23.3. The summed E-state index contributed by atoms with van der Waals surface area (Å²) in [5.74, 6) is 0. The number of fused-ring (bicyclic) bond motifs is 1. The Morgan fingerprint density at radius 3 is 2.34 bits per heavy atom. The van der Waals surface area contributed by atoms with Crippen LogP contribution < -0.4 is 5.56 Å². The molecule has 0 bridgehead atoms. The molecule has 1 N–H and O–H groups in total. The minimum Gasteiger partial charge on any atom is -0.414 e. The number of hydrogen-bond acceptors (Lipinski definition) is 6. The standard InChI is InChI=1S/C22H40N4O4Si2/c1-21(2,3)31(7,8)28-13-15-11-17(30-32(9,10)22(4,5)6)20(29-15)26-18-16(12-25-26)19(27)24-14-23-18/h12,14-15,17,20H,11,13H2,1-10H3,(H,23,24,27)/t15-,17+,20+/m0/s1. The third-order valence-electron chi connectivity index (χ3n) is 7.47. The van der Waals surface area contributed by atoms with Gasteiger partial charge < -0.3 is 18.6 Å². The molecule has 8 nitrogen and oxygen atoms in total. The number of hydrogen-bond donors (Lipinski definition) is 1. The Bertz CT molecular complexity index is 1000. The van der Waals surface area contributed by atoms with E-state index in [0.717, 1.165) is 6.42 Å². The summed E-state index contributed by atoms with van der Waals surface area (Å²) in [6.07, 6.45) is 2.92. The summed E-state index contributed by atoms with van der Waals surface area (Å²) < 4.78 is 21.4. The second-order valence-electron chi connectivity index (χ2n) is 11.9. The van der Waals surface area contributed by atoms with E-state index in [1.807, 2.05) is 0 Å². The van der Waals surface area contributed by atoms with Gasteiger partial charge >= 0.3 is 0 Å². The van der Waals surface area contributed by atoms with Crippen LogP contribution in [0.3, 0.4) is 0 Å². The summed E-state index contributed by atoms with van der Waals surface area (Å²) in [4.78, 5) is 19.2. The summed E-state index contributed by atoms with van der Waals surface area (Å²) in [6, 6.07) is 0. The molecular formula is C22H40N4O4Si2. The van der Waals surface area contributed by atoms with E-state index in [1.54, 1.807) is 10.9 Å². The Kier molecular flexibility index (Phi) is 6.69. The van der Waals surface area contributed by atoms with Gasteiger partial charge in [0.2, 0.25) is 0 Å². The zero-order chi connectivity index (χ0) is 24.1. The maximum atomic E-state index is 12.2. The summed E-state index contributed by atoms with van der Waals surface area (Å²) in [7, 11) is -3.97. The Morgan fingerprint density at radius 1 is 1.12 bits per heavy atom. The smallest absolute Gasteiger partial charge is 0.261 e. The summed E-state index contributed by atoms with van der Waals surface area (Å²) in [5.41, 5.74) is 0.299. The fraction of sp³-hybridized carbons (Fsp3) is 0.773. The van der Waals surface area contributed by atoms with Crippen molar-refractivity contribution < 1.29 is 13.6 Å². The maximum absolute atomic E-state index is 12.2. The number of H-pyrrole nitrogens is 1. The highest BCUT2D eigenvalue weighted by atomic mass is 28.4. The number of aromatic amines is 1. The van der Waals surface area contributed by atoms with E-state index in [-0.39, 0.29) is 27.8 Å². The average molecular weight is 481 g/mol.